The highest BCUT2D eigenvalue weighted by Crippen LogP contribution is 2.69. The lowest BCUT2D eigenvalue weighted by Gasteiger charge is -2.17. The highest BCUT2D eigenvalue weighted by Gasteiger charge is 2.73. The molecule has 1 heterocycles. The number of nitrogens with one attached hydrogen (secondary N) is 1. The van der Waals surface area contributed by atoms with E-state index in [2.05, 4.69) is 12.2 Å². The van der Waals surface area contributed by atoms with Crippen molar-refractivity contribution in [2.24, 2.45) is 0 Å². The van der Waals surface area contributed by atoms with Crippen molar-refractivity contribution in [2.45, 2.75) is 24.2 Å². The van der Waals surface area contributed by atoms with Crippen molar-refractivity contribution < 1.29 is 9.18 Å². The second-order valence-corrected chi connectivity index (χ2v) is 6.50. The summed E-state index contributed by atoms with van der Waals surface area (Å²) >= 11 is 5.93. The molecule has 2 nitrogen and oxygen atoms in total. The Morgan fingerprint density at radius 2 is 1.90 bits per heavy atom. The Balaban J connectivity index is 1.86. The summed E-state index contributed by atoms with van der Waals surface area (Å²) in [6.45, 7) is 2.05. The summed E-state index contributed by atoms with van der Waals surface area (Å²) in [6, 6.07) is 12.0. The van der Waals surface area contributed by atoms with Gasteiger partial charge < -0.3 is 5.32 Å². The second-order valence-electron chi connectivity index (χ2n) is 6.07. The number of hydrogen-bond acceptors (Lipinski definition) is 1. The molecule has 4 heteroatoms. The van der Waals surface area contributed by atoms with Crippen molar-refractivity contribution in [3.05, 3.63) is 64.4 Å². The van der Waals surface area contributed by atoms with Crippen LogP contribution in [-0.2, 0) is 15.6 Å². The maximum absolute atomic E-state index is 13.6. The quantitative estimate of drug-likeness (QED) is 0.846. The third kappa shape index (κ3) is 1.50. The molecule has 0 radical (unpaired) electrons. The lowest BCUT2D eigenvalue weighted by molar-refractivity contribution is -0.118. The number of anilines is 1. The number of halogens is 2. The molecule has 1 spiro atoms. The van der Waals surface area contributed by atoms with Crippen LogP contribution in [0, 0.1) is 5.82 Å². The molecular weight excluding hydrogens is 289 g/mol. The first-order valence-electron chi connectivity index (χ1n) is 6.85. The van der Waals surface area contributed by atoms with Crippen molar-refractivity contribution in [1.82, 2.24) is 0 Å². The van der Waals surface area contributed by atoms with Gasteiger partial charge in [-0.1, -0.05) is 30.7 Å². The van der Waals surface area contributed by atoms with Gasteiger partial charge in [-0.05, 0) is 47.9 Å². The Bertz CT molecular complexity index is 773. The maximum atomic E-state index is 13.6. The number of carbonyl (C=O) groups is 1. The van der Waals surface area contributed by atoms with E-state index >= 15 is 0 Å². The molecule has 1 saturated carbocycles. The zero-order valence-electron chi connectivity index (χ0n) is 11.4. The lowest BCUT2D eigenvalue weighted by Crippen LogP contribution is -2.27. The Morgan fingerprint density at radius 3 is 2.62 bits per heavy atom. The summed E-state index contributed by atoms with van der Waals surface area (Å²) in [4.78, 5) is 12.5. The minimum atomic E-state index is -0.655. The molecule has 0 saturated heterocycles. The number of rotatable bonds is 1. The van der Waals surface area contributed by atoms with Crippen LogP contribution in [0.1, 0.15) is 24.5 Å². The van der Waals surface area contributed by atoms with Gasteiger partial charge in [0.2, 0.25) is 5.91 Å². The summed E-state index contributed by atoms with van der Waals surface area (Å²) in [5, 5.41) is 3.55. The van der Waals surface area contributed by atoms with Crippen molar-refractivity contribution in [1.29, 1.82) is 0 Å². The van der Waals surface area contributed by atoms with Crippen LogP contribution in [-0.4, -0.2) is 5.91 Å². The normalized spacial score (nSPS) is 29.4. The van der Waals surface area contributed by atoms with Crippen LogP contribution in [0.2, 0.25) is 5.02 Å². The van der Waals surface area contributed by atoms with Gasteiger partial charge in [0.1, 0.15) is 5.82 Å². The Morgan fingerprint density at radius 1 is 1.19 bits per heavy atom. The second kappa shape index (κ2) is 3.86. The molecule has 4 rings (SSSR count). The molecule has 2 atom stereocenters. The third-order valence-corrected chi connectivity index (χ3v) is 5.25. The summed E-state index contributed by atoms with van der Waals surface area (Å²) in [5.41, 5.74) is 1.57. The average Bonchev–Trinajstić information content (AvgIpc) is 3.01. The van der Waals surface area contributed by atoms with Crippen LogP contribution in [0.3, 0.4) is 0 Å². The van der Waals surface area contributed by atoms with Crippen molar-refractivity contribution >= 4 is 23.2 Å². The largest absolute Gasteiger partial charge is 0.325 e. The number of benzene rings is 2. The third-order valence-electron chi connectivity index (χ3n) is 4.99. The molecule has 0 bridgehead atoms. The summed E-state index contributed by atoms with van der Waals surface area (Å²) in [5.74, 6) is -0.351. The minimum Gasteiger partial charge on any atom is -0.325 e. The van der Waals surface area contributed by atoms with Crippen molar-refractivity contribution in [3.63, 3.8) is 0 Å². The van der Waals surface area contributed by atoms with Gasteiger partial charge in [-0.25, -0.2) is 4.39 Å². The molecule has 2 aliphatic rings. The average molecular weight is 302 g/mol. The van der Waals surface area contributed by atoms with E-state index in [1.54, 1.807) is 6.07 Å². The van der Waals surface area contributed by atoms with Gasteiger partial charge in [-0.2, -0.15) is 0 Å². The van der Waals surface area contributed by atoms with E-state index in [0.29, 0.717) is 11.4 Å². The molecule has 2 aromatic carbocycles. The van der Waals surface area contributed by atoms with Crippen molar-refractivity contribution in [3.8, 4) is 0 Å². The fourth-order valence-corrected chi connectivity index (χ4v) is 3.83. The standard InChI is InChI=1S/C17H13ClFNO/c1-16(10-2-4-11(18)5-3-10)9-17(16)13-8-12(19)6-7-14(13)20-15(17)21/h2-8H,9H2,1H3,(H,20,21)/t16-,17+/m1/s1. The van der Waals surface area contributed by atoms with Gasteiger partial charge in [0, 0.05) is 16.1 Å². The lowest BCUT2D eigenvalue weighted by atomic mass is 9.83. The van der Waals surface area contributed by atoms with E-state index in [1.807, 2.05) is 24.3 Å². The van der Waals surface area contributed by atoms with Crippen LogP contribution in [0.5, 0.6) is 0 Å². The molecular formula is C17H13ClFNO. The molecule has 1 fully saturated rings. The van der Waals surface area contributed by atoms with Crippen LogP contribution in [0.4, 0.5) is 10.1 Å². The summed E-state index contributed by atoms with van der Waals surface area (Å²) in [6.07, 6.45) is 0.684. The van der Waals surface area contributed by atoms with E-state index in [9.17, 15) is 9.18 Å². The van der Waals surface area contributed by atoms with Gasteiger partial charge >= 0.3 is 0 Å². The highest BCUT2D eigenvalue weighted by atomic mass is 35.5. The smallest absolute Gasteiger partial charge is 0.236 e. The molecule has 1 aliphatic heterocycles. The Kier molecular flexibility index (Phi) is 2.36. The van der Waals surface area contributed by atoms with Crippen LogP contribution in [0.15, 0.2) is 42.5 Å². The zero-order valence-corrected chi connectivity index (χ0v) is 12.2. The first kappa shape index (κ1) is 12.8. The SMILES string of the molecule is C[C@]1(c2ccc(Cl)cc2)C[C@]12C(=O)Nc1ccc(F)cc12. The zero-order chi connectivity index (χ0) is 14.8. The van der Waals surface area contributed by atoms with Crippen LogP contribution < -0.4 is 5.32 Å². The van der Waals surface area contributed by atoms with Gasteiger partial charge in [0.15, 0.2) is 0 Å². The van der Waals surface area contributed by atoms with E-state index in [1.165, 1.54) is 12.1 Å². The minimum absolute atomic E-state index is 0.0412. The van der Waals surface area contributed by atoms with E-state index in [-0.39, 0.29) is 17.1 Å². The fourth-order valence-electron chi connectivity index (χ4n) is 3.71. The first-order valence-corrected chi connectivity index (χ1v) is 7.23. The van der Waals surface area contributed by atoms with Crippen molar-refractivity contribution in [2.75, 3.05) is 5.32 Å². The number of hydrogen-bond donors (Lipinski definition) is 1. The molecule has 21 heavy (non-hydrogen) atoms. The first-order chi connectivity index (χ1) is 9.97. The molecule has 1 aliphatic carbocycles. The monoisotopic (exact) mass is 301 g/mol. The van der Waals surface area contributed by atoms with Gasteiger partial charge in [-0.15, -0.1) is 0 Å². The number of fused-ring (bicyclic) bond motifs is 2. The predicted molar refractivity (Wildman–Crippen MR) is 80.1 cm³/mol. The topological polar surface area (TPSA) is 29.1 Å². The Labute approximate surface area is 126 Å². The maximum Gasteiger partial charge on any atom is 0.236 e. The van der Waals surface area contributed by atoms with Gasteiger partial charge in [0.25, 0.3) is 0 Å². The Hall–Kier alpha value is -1.87. The summed E-state index contributed by atoms with van der Waals surface area (Å²) < 4.78 is 13.6. The molecule has 1 amide bonds. The van der Waals surface area contributed by atoms with Gasteiger partial charge in [0.05, 0.1) is 5.41 Å². The molecule has 1 N–H and O–H groups in total. The highest BCUT2D eigenvalue weighted by molar-refractivity contribution is 6.30. The molecule has 2 aromatic rings. The number of carbonyl (C=O) groups excluding carboxylic acids is 1. The van der Waals surface area contributed by atoms with E-state index < -0.39 is 5.41 Å². The summed E-state index contributed by atoms with van der Waals surface area (Å²) in [7, 11) is 0. The van der Waals surface area contributed by atoms with E-state index in [0.717, 1.165) is 16.8 Å². The molecule has 0 aromatic heterocycles. The number of amides is 1. The van der Waals surface area contributed by atoms with Crippen LogP contribution >= 0.6 is 11.6 Å². The fraction of sp³-hybridized carbons (Fsp3) is 0.235. The van der Waals surface area contributed by atoms with E-state index in [4.69, 9.17) is 11.6 Å². The predicted octanol–water partition coefficient (Wildman–Crippen LogP) is 4.03. The van der Waals surface area contributed by atoms with Crippen LogP contribution in [0.25, 0.3) is 0 Å². The molecule has 0 unspecified atom stereocenters. The van der Waals surface area contributed by atoms with Gasteiger partial charge in [-0.3, -0.25) is 4.79 Å². The molecule has 106 valence electrons.